The van der Waals surface area contributed by atoms with Gasteiger partial charge in [-0.15, -0.1) is 0 Å². The number of benzene rings is 1. The molecule has 0 spiro atoms. The molecule has 1 aromatic carbocycles. The van der Waals surface area contributed by atoms with Crippen LogP contribution in [0.5, 0.6) is 0 Å². The maximum absolute atomic E-state index is 12.0. The van der Waals surface area contributed by atoms with Crippen LogP contribution >= 0.6 is 0 Å². The number of rotatable bonds is 2. The Balaban J connectivity index is 3.17. The van der Waals surface area contributed by atoms with Gasteiger partial charge in [0.05, 0.1) is 5.56 Å². The molecule has 0 aliphatic heterocycles. The molecule has 0 bridgehead atoms. The number of hydrogen-bond donors (Lipinski definition) is 1. The smallest absolute Gasteiger partial charge is 0.338 e. The summed E-state index contributed by atoms with van der Waals surface area (Å²) < 4.78 is 23.9. The van der Waals surface area contributed by atoms with Crippen LogP contribution in [0.4, 0.5) is 14.6 Å². The highest BCUT2D eigenvalue weighted by molar-refractivity contribution is 5.93. The lowest BCUT2D eigenvalue weighted by Gasteiger charge is -2.04. The van der Waals surface area contributed by atoms with E-state index >= 15 is 0 Å². The Morgan fingerprint density at radius 1 is 1.33 bits per heavy atom. The van der Waals surface area contributed by atoms with Crippen molar-refractivity contribution in [2.24, 2.45) is 0 Å². The van der Waals surface area contributed by atoms with Gasteiger partial charge in [0.1, 0.15) is 5.69 Å². The molecule has 0 radical (unpaired) electrons. The minimum Gasteiger partial charge on any atom is -0.478 e. The van der Waals surface area contributed by atoms with E-state index in [0.29, 0.717) is 0 Å². The number of anilines is 1. The van der Waals surface area contributed by atoms with Crippen molar-refractivity contribution in [1.82, 2.24) is 0 Å². The first-order valence-electron chi connectivity index (χ1n) is 3.07. The Labute approximate surface area is 66.7 Å². The first-order chi connectivity index (χ1) is 5.63. The van der Waals surface area contributed by atoms with E-state index in [1.807, 2.05) is 0 Å². The summed E-state index contributed by atoms with van der Waals surface area (Å²) in [6.07, 6.45) is 0. The standard InChI is InChI=1S/C7H5F2NO2/c8-10(9)6-4-2-1-3-5(6)7(11)12/h1-4H,(H,11,12). The SMILES string of the molecule is O=C(O)c1ccccc1N(F)F. The normalized spacial score (nSPS) is 9.50. The van der Waals surface area contributed by atoms with Crippen LogP contribution in [0.1, 0.15) is 10.4 Å². The first-order valence-corrected chi connectivity index (χ1v) is 3.07. The molecule has 0 saturated carbocycles. The first kappa shape index (κ1) is 8.45. The molecule has 1 rings (SSSR count). The molecule has 0 unspecified atom stereocenters. The molecule has 0 saturated heterocycles. The number of carbonyl (C=O) groups is 1. The highest BCUT2D eigenvalue weighted by Gasteiger charge is 2.14. The molecule has 1 aromatic rings. The zero-order valence-electron chi connectivity index (χ0n) is 5.87. The van der Waals surface area contributed by atoms with Crippen LogP contribution < -0.4 is 5.34 Å². The van der Waals surface area contributed by atoms with Crippen LogP contribution in [-0.2, 0) is 0 Å². The van der Waals surface area contributed by atoms with Gasteiger partial charge >= 0.3 is 5.97 Å². The van der Waals surface area contributed by atoms with Crippen LogP contribution in [0.3, 0.4) is 0 Å². The second-order valence-electron chi connectivity index (χ2n) is 2.06. The summed E-state index contributed by atoms with van der Waals surface area (Å²) in [4.78, 5) is 10.4. The maximum atomic E-state index is 12.0. The fourth-order valence-corrected chi connectivity index (χ4v) is 0.802. The van der Waals surface area contributed by atoms with Gasteiger partial charge < -0.3 is 5.11 Å². The predicted octanol–water partition coefficient (Wildman–Crippen LogP) is 1.96. The summed E-state index contributed by atoms with van der Waals surface area (Å²) in [6.45, 7) is 0. The highest BCUT2D eigenvalue weighted by Crippen LogP contribution is 2.20. The van der Waals surface area contributed by atoms with Gasteiger partial charge in [0.2, 0.25) is 0 Å². The molecule has 12 heavy (non-hydrogen) atoms. The Kier molecular flexibility index (Phi) is 2.23. The molecular formula is C7H5F2NO2. The van der Waals surface area contributed by atoms with Crippen molar-refractivity contribution in [2.75, 3.05) is 5.34 Å². The van der Waals surface area contributed by atoms with Crippen molar-refractivity contribution in [3.8, 4) is 0 Å². The number of carboxylic acid groups (broad SMARTS) is 1. The summed E-state index contributed by atoms with van der Waals surface area (Å²) in [5.74, 6) is -1.37. The van der Waals surface area contributed by atoms with E-state index in [4.69, 9.17) is 5.11 Å². The lowest BCUT2D eigenvalue weighted by atomic mass is 10.2. The van der Waals surface area contributed by atoms with Gasteiger partial charge in [-0.25, -0.2) is 4.79 Å². The number of hydrogen-bond acceptors (Lipinski definition) is 2. The van der Waals surface area contributed by atoms with Gasteiger partial charge in [-0.3, -0.25) is 0 Å². The number of halogens is 2. The fourth-order valence-electron chi connectivity index (χ4n) is 0.802. The minimum atomic E-state index is -1.37. The Hall–Kier alpha value is -1.65. The van der Waals surface area contributed by atoms with E-state index < -0.39 is 22.6 Å². The van der Waals surface area contributed by atoms with E-state index in [1.165, 1.54) is 12.1 Å². The number of para-hydroxylation sites is 1. The zero-order chi connectivity index (χ0) is 9.14. The Morgan fingerprint density at radius 2 is 1.92 bits per heavy atom. The van der Waals surface area contributed by atoms with Gasteiger partial charge in [-0.1, -0.05) is 21.1 Å². The van der Waals surface area contributed by atoms with Crippen LogP contribution in [0.25, 0.3) is 0 Å². The van der Waals surface area contributed by atoms with Crippen LogP contribution in [0.15, 0.2) is 24.3 Å². The van der Waals surface area contributed by atoms with Gasteiger partial charge in [0.15, 0.2) is 0 Å². The average Bonchev–Trinajstić information content (AvgIpc) is 2.04. The van der Waals surface area contributed by atoms with Crippen molar-refractivity contribution in [3.05, 3.63) is 29.8 Å². The van der Waals surface area contributed by atoms with E-state index in [1.54, 1.807) is 0 Å². The molecule has 0 heterocycles. The van der Waals surface area contributed by atoms with Crippen LogP contribution in [-0.4, -0.2) is 11.1 Å². The molecule has 5 heteroatoms. The minimum absolute atomic E-state index is 0.414. The second kappa shape index (κ2) is 3.17. The topological polar surface area (TPSA) is 40.5 Å². The summed E-state index contributed by atoms with van der Waals surface area (Å²) >= 11 is 0. The van der Waals surface area contributed by atoms with E-state index in [2.05, 4.69) is 0 Å². The van der Waals surface area contributed by atoms with Crippen molar-refractivity contribution < 1.29 is 18.9 Å². The fraction of sp³-hybridized carbons (Fsp3) is 0. The van der Waals surface area contributed by atoms with Crippen molar-refractivity contribution in [1.29, 1.82) is 0 Å². The Bertz CT molecular complexity index is 301. The monoisotopic (exact) mass is 173 g/mol. The van der Waals surface area contributed by atoms with Gasteiger partial charge in [0, 0.05) is 0 Å². The molecule has 64 valence electrons. The molecule has 0 aliphatic carbocycles. The molecule has 0 fully saturated rings. The second-order valence-corrected chi connectivity index (χ2v) is 2.06. The summed E-state index contributed by atoms with van der Waals surface area (Å²) in [6, 6.07) is 4.87. The lowest BCUT2D eigenvalue weighted by molar-refractivity contribution is 0.0694. The molecule has 0 amide bonds. The molecule has 0 atom stereocenters. The third-order valence-corrected chi connectivity index (χ3v) is 1.32. The van der Waals surface area contributed by atoms with Crippen molar-refractivity contribution in [3.63, 3.8) is 0 Å². The predicted molar refractivity (Wildman–Crippen MR) is 38.1 cm³/mol. The summed E-state index contributed by atoms with van der Waals surface area (Å²) in [7, 11) is 0. The Morgan fingerprint density at radius 3 is 2.33 bits per heavy atom. The van der Waals surface area contributed by atoms with Crippen LogP contribution in [0.2, 0.25) is 0 Å². The zero-order valence-corrected chi connectivity index (χ0v) is 5.87. The number of nitrogens with zero attached hydrogens (tertiary/aromatic N) is 1. The third-order valence-electron chi connectivity index (χ3n) is 1.32. The number of aromatic carboxylic acids is 1. The van der Waals surface area contributed by atoms with Gasteiger partial charge in [-0.2, -0.15) is 0 Å². The maximum Gasteiger partial charge on any atom is 0.338 e. The number of carboxylic acids is 1. The van der Waals surface area contributed by atoms with Crippen molar-refractivity contribution >= 4 is 11.7 Å². The van der Waals surface area contributed by atoms with E-state index in [-0.39, 0.29) is 0 Å². The quantitative estimate of drug-likeness (QED) is 0.695. The molecule has 1 N–H and O–H groups in total. The highest BCUT2D eigenvalue weighted by atomic mass is 19.4. The average molecular weight is 173 g/mol. The van der Waals surface area contributed by atoms with E-state index in [9.17, 15) is 13.8 Å². The molecular weight excluding hydrogens is 168 g/mol. The lowest BCUT2D eigenvalue weighted by Crippen LogP contribution is -2.05. The van der Waals surface area contributed by atoms with Crippen LogP contribution in [0, 0.1) is 0 Å². The third kappa shape index (κ3) is 1.50. The largest absolute Gasteiger partial charge is 0.478 e. The van der Waals surface area contributed by atoms with Gasteiger partial charge in [0.25, 0.3) is 0 Å². The van der Waals surface area contributed by atoms with Gasteiger partial charge in [-0.05, 0) is 17.5 Å². The van der Waals surface area contributed by atoms with Crippen molar-refractivity contribution in [2.45, 2.75) is 0 Å². The summed E-state index contributed by atoms with van der Waals surface area (Å²) in [5, 5.41) is 7.24. The summed E-state index contributed by atoms with van der Waals surface area (Å²) in [5.41, 5.74) is -1.02. The molecule has 0 aliphatic rings. The molecule has 0 aromatic heterocycles. The van der Waals surface area contributed by atoms with E-state index in [0.717, 1.165) is 12.1 Å². The molecule has 3 nitrogen and oxygen atoms in total.